The highest BCUT2D eigenvalue weighted by Gasteiger charge is 2.11. The van der Waals surface area contributed by atoms with Crippen molar-refractivity contribution in [3.05, 3.63) is 44.7 Å². The number of nitrogens with zero attached hydrogens (tertiary/aromatic N) is 1. The van der Waals surface area contributed by atoms with Crippen molar-refractivity contribution in [2.24, 2.45) is 0 Å². The molecule has 2 heterocycles. The third-order valence-electron chi connectivity index (χ3n) is 3.64. The zero-order valence-electron chi connectivity index (χ0n) is 13.9. The Balaban J connectivity index is 1.72. The van der Waals surface area contributed by atoms with Gasteiger partial charge >= 0.3 is 5.97 Å². The summed E-state index contributed by atoms with van der Waals surface area (Å²) in [5.41, 5.74) is 2.04. The topological polar surface area (TPSA) is 48.4 Å². The summed E-state index contributed by atoms with van der Waals surface area (Å²) < 4.78 is 12.0. The molecule has 2 aromatic heterocycles. The minimum absolute atomic E-state index is 0.187. The van der Waals surface area contributed by atoms with E-state index in [0.29, 0.717) is 19.6 Å². The van der Waals surface area contributed by atoms with Gasteiger partial charge in [-0.25, -0.2) is 4.98 Å². The normalized spacial score (nSPS) is 11.0. The molecule has 6 heteroatoms. The number of hydrogen-bond donors (Lipinski definition) is 0. The number of ether oxygens (including phenoxy) is 2. The summed E-state index contributed by atoms with van der Waals surface area (Å²) in [6.07, 6.45) is 0.313. The fourth-order valence-electron chi connectivity index (χ4n) is 2.51. The average Bonchev–Trinajstić information content (AvgIpc) is 3.08. The minimum atomic E-state index is -0.187. The van der Waals surface area contributed by atoms with Crippen molar-refractivity contribution in [3.63, 3.8) is 0 Å². The van der Waals surface area contributed by atoms with Crippen LogP contribution in [-0.4, -0.2) is 17.6 Å². The number of rotatable bonds is 6. The van der Waals surface area contributed by atoms with Gasteiger partial charge in [-0.3, -0.25) is 4.79 Å². The van der Waals surface area contributed by atoms with E-state index in [-0.39, 0.29) is 5.97 Å². The Kier molecular flexibility index (Phi) is 5.16. The molecule has 0 aliphatic carbocycles. The first-order valence-electron chi connectivity index (χ1n) is 7.78. The van der Waals surface area contributed by atoms with Crippen molar-refractivity contribution in [2.75, 3.05) is 6.61 Å². The van der Waals surface area contributed by atoms with Crippen LogP contribution in [0.15, 0.2) is 23.6 Å². The lowest BCUT2D eigenvalue weighted by Crippen LogP contribution is -2.06. The molecule has 0 aliphatic rings. The SMILES string of the molecule is CCOC(=O)Cc1csc2cc(OCc3sc(C)nc3C)ccc12. The first-order chi connectivity index (χ1) is 11.6. The van der Waals surface area contributed by atoms with E-state index in [1.165, 1.54) is 0 Å². The molecule has 0 aliphatic heterocycles. The molecule has 1 aromatic carbocycles. The smallest absolute Gasteiger partial charge is 0.310 e. The average molecular weight is 361 g/mol. The molecule has 0 spiro atoms. The van der Waals surface area contributed by atoms with E-state index in [4.69, 9.17) is 9.47 Å². The molecule has 0 saturated carbocycles. The summed E-state index contributed by atoms with van der Waals surface area (Å²) in [6.45, 7) is 6.77. The Bertz CT molecular complexity index is 866. The zero-order valence-corrected chi connectivity index (χ0v) is 15.6. The Morgan fingerprint density at radius 3 is 2.83 bits per heavy atom. The van der Waals surface area contributed by atoms with Crippen LogP contribution in [0.25, 0.3) is 10.1 Å². The van der Waals surface area contributed by atoms with E-state index in [1.54, 1.807) is 22.7 Å². The highest BCUT2D eigenvalue weighted by molar-refractivity contribution is 7.17. The molecule has 0 bridgehead atoms. The number of esters is 1. The molecular formula is C18H19NO3S2. The van der Waals surface area contributed by atoms with E-state index < -0.39 is 0 Å². The third-order valence-corrected chi connectivity index (χ3v) is 5.68. The third kappa shape index (κ3) is 3.76. The fourth-order valence-corrected chi connectivity index (χ4v) is 4.35. The van der Waals surface area contributed by atoms with Crippen LogP contribution in [0.5, 0.6) is 5.75 Å². The Labute approximate surface area is 149 Å². The molecule has 3 aromatic rings. The van der Waals surface area contributed by atoms with Gasteiger partial charge in [0, 0.05) is 4.70 Å². The molecule has 0 atom stereocenters. The second-order valence-corrected chi connectivity index (χ2v) is 7.63. The summed E-state index contributed by atoms with van der Waals surface area (Å²) >= 11 is 3.29. The largest absolute Gasteiger partial charge is 0.488 e. The number of aryl methyl sites for hydroxylation is 2. The summed E-state index contributed by atoms with van der Waals surface area (Å²) in [5.74, 6) is 0.644. The van der Waals surface area contributed by atoms with Crippen LogP contribution in [0.1, 0.15) is 28.1 Å². The highest BCUT2D eigenvalue weighted by atomic mass is 32.1. The first-order valence-corrected chi connectivity index (χ1v) is 9.48. The van der Waals surface area contributed by atoms with Crippen LogP contribution < -0.4 is 4.74 Å². The minimum Gasteiger partial charge on any atom is -0.488 e. The van der Waals surface area contributed by atoms with E-state index >= 15 is 0 Å². The van der Waals surface area contributed by atoms with Crippen molar-refractivity contribution in [1.29, 1.82) is 0 Å². The molecule has 0 N–H and O–H groups in total. The van der Waals surface area contributed by atoms with Crippen molar-refractivity contribution in [1.82, 2.24) is 4.98 Å². The van der Waals surface area contributed by atoms with Crippen LogP contribution in [0.3, 0.4) is 0 Å². The predicted molar refractivity (Wildman–Crippen MR) is 98.1 cm³/mol. The Morgan fingerprint density at radius 1 is 1.29 bits per heavy atom. The monoisotopic (exact) mass is 361 g/mol. The lowest BCUT2D eigenvalue weighted by atomic mass is 10.1. The number of benzene rings is 1. The van der Waals surface area contributed by atoms with Gasteiger partial charge in [0.25, 0.3) is 0 Å². The van der Waals surface area contributed by atoms with Gasteiger partial charge in [0.1, 0.15) is 12.4 Å². The van der Waals surface area contributed by atoms with Gasteiger partial charge in [-0.05, 0) is 55.3 Å². The zero-order chi connectivity index (χ0) is 17.1. The van der Waals surface area contributed by atoms with Gasteiger partial charge < -0.3 is 9.47 Å². The molecule has 4 nitrogen and oxygen atoms in total. The number of thiazole rings is 1. The fraction of sp³-hybridized carbons (Fsp3) is 0.333. The number of fused-ring (bicyclic) bond motifs is 1. The Morgan fingerprint density at radius 2 is 2.12 bits per heavy atom. The van der Waals surface area contributed by atoms with Crippen molar-refractivity contribution >= 4 is 38.7 Å². The molecular weight excluding hydrogens is 342 g/mol. The summed E-state index contributed by atoms with van der Waals surface area (Å²) in [5, 5.41) is 4.16. The van der Waals surface area contributed by atoms with E-state index in [0.717, 1.165) is 37.0 Å². The number of carbonyl (C=O) groups excluding carboxylic acids is 1. The van der Waals surface area contributed by atoms with Crippen molar-refractivity contribution < 1.29 is 14.3 Å². The quantitative estimate of drug-likeness (QED) is 0.599. The number of aromatic nitrogens is 1. The number of hydrogen-bond acceptors (Lipinski definition) is 6. The second kappa shape index (κ2) is 7.32. The highest BCUT2D eigenvalue weighted by Crippen LogP contribution is 2.31. The molecule has 0 radical (unpaired) electrons. The molecule has 126 valence electrons. The van der Waals surface area contributed by atoms with Gasteiger partial charge in [0.15, 0.2) is 0 Å². The number of thiophene rings is 1. The molecule has 0 saturated heterocycles. The molecule has 0 fully saturated rings. The van der Waals surface area contributed by atoms with Crippen LogP contribution in [0.4, 0.5) is 0 Å². The summed E-state index contributed by atoms with van der Waals surface area (Å²) in [6, 6.07) is 5.99. The van der Waals surface area contributed by atoms with Crippen LogP contribution in [0.2, 0.25) is 0 Å². The first kappa shape index (κ1) is 16.9. The predicted octanol–water partition coefficient (Wildman–Crippen LogP) is 4.66. The van der Waals surface area contributed by atoms with Crippen LogP contribution in [-0.2, 0) is 22.6 Å². The van der Waals surface area contributed by atoms with Gasteiger partial charge in [-0.15, -0.1) is 22.7 Å². The standard InChI is InChI=1S/C18H19NO3S2/c1-4-21-18(20)7-13-10-23-16-8-14(5-6-15(13)16)22-9-17-11(2)19-12(3)24-17/h5-6,8,10H,4,7,9H2,1-3H3. The lowest BCUT2D eigenvalue weighted by molar-refractivity contribution is -0.142. The van der Waals surface area contributed by atoms with Crippen LogP contribution >= 0.6 is 22.7 Å². The van der Waals surface area contributed by atoms with Crippen LogP contribution in [0, 0.1) is 13.8 Å². The Hall–Kier alpha value is -1.92. The van der Waals surface area contributed by atoms with Gasteiger partial charge in [-0.1, -0.05) is 0 Å². The van der Waals surface area contributed by atoms with Gasteiger partial charge in [-0.2, -0.15) is 0 Å². The van der Waals surface area contributed by atoms with Gasteiger partial charge in [0.2, 0.25) is 0 Å². The van der Waals surface area contributed by atoms with E-state index in [9.17, 15) is 4.79 Å². The molecule has 3 rings (SSSR count). The van der Waals surface area contributed by atoms with E-state index in [1.807, 2.05) is 44.4 Å². The maximum atomic E-state index is 11.7. The maximum Gasteiger partial charge on any atom is 0.310 e. The molecule has 0 unspecified atom stereocenters. The van der Waals surface area contributed by atoms with E-state index in [2.05, 4.69) is 4.98 Å². The van der Waals surface area contributed by atoms with Crippen molar-refractivity contribution in [3.8, 4) is 5.75 Å². The lowest BCUT2D eigenvalue weighted by Gasteiger charge is -2.06. The van der Waals surface area contributed by atoms with Gasteiger partial charge in [0.05, 0.1) is 28.6 Å². The van der Waals surface area contributed by atoms with Crippen molar-refractivity contribution in [2.45, 2.75) is 33.8 Å². The molecule has 24 heavy (non-hydrogen) atoms. The summed E-state index contributed by atoms with van der Waals surface area (Å²) in [7, 11) is 0. The second-order valence-electron chi connectivity index (χ2n) is 5.43. The maximum absolute atomic E-state index is 11.7. The number of carbonyl (C=O) groups is 1. The summed E-state index contributed by atoms with van der Waals surface area (Å²) in [4.78, 5) is 17.2. The molecule has 0 amide bonds.